The number of hydrogen-bond donors (Lipinski definition) is 3. The van der Waals surface area contributed by atoms with Gasteiger partial charge in [0.2, 0.25) is 0 Å². The number of primary amides is 1. The lowest BCUT2D eigenvalue weighted by Crippen LogP contribution is -2.45. The molecule has 1 fully saturated rings. The first-order valence-electron chi connectivity index (χ1n) is 6.25. The number of carbonyl (C=O) groups excluding carboxylic acids is 1. The highest BCUT2D eigenvalue weighted by molar-refractivity contribution is 5.73. The van der Waals surface area contributed by atoms with E-state index in [0.717, 1.165) is 5.56 Å². The Morgan fingerprint density at radius 1 is 1.53 bits per heavy atom. The maximum atomic E-state index is 13.2. The number of urea groups is 1. The SMILES string of the molecule is NCc1cc(F)ccc1C1CC(O)CCN1C(N)=O. The molecule has 1 heterocycles. The number of halogens is 1. The van der Waals surface area contributed by atoms with Gasteiger partial charge in [-0.25, -0.2) is 9.18 Å². The molecule has 5 N–H and O–H groups in total. The molecule has 1 saturated heterocycles. The van der Waals surface area contributed by atoms with E-state index < -0.39 is 12.1 Å². The Morgan fingerprint density at radius 3 is 2.89 bits per heavy atom. The predicted molar refractivity (Wildman–Crippen MR) is 68.6 cm³/mol. The summed E-state index contributed by atoms with van der Waals surface area (Å²) in [6, 6.07) is 3.41. The molecule has 2 atom stereocenters. The first-order chi connectivity index (χ1) is 9.02. The van der Waals surface area contributed by atoms with Crippen LogP contribution in [0.1, 0.15) is 30.0 Å². The number of piperidine rings is 1. The molecule has 1 aliphatic heterocycles. The summed E-state index contributed by atoms with van der Waals surface area (Å²) in [7, 11) is 0. The van der Waals surface area contributed by atoms with Crippen LogP contribution in [0.2, 0.25) is 0 Å². The van der Waals surface area contributed by atoms with Gasteiger partial charge in [-0.2, -0.15) is 0 Å². The van der Waals surface area contributed by atoms with E-state index in [1.165, 1.54) is 17.0 Å². The minimum atomic E-state index is -0.538. The number of aliphatic hydroxyl groups excluding tert-OH is 1. The molecule has 1 aliphatic rings. The smallest absolute Gasteiger partial charge is 0.315 e. The summed E-state index contributed by atoms with van der Waals surface area (Å²) in [6.07, 6.45) is 0.399. The largest absolute Gasteiger partial charge is 0.393 e. The summed E-state index contributed by atoms with van der Waals surface area (Å²) in [6.45, 7) is 0.564. The van der Waals surface area contributed by atoms with Crippen molar-refractivity contribution < 1.29 is 14.3 Å². The third kappa shape index (κ3) is 2.85. The van der Waals surface area contributed by atoms with E-state index in [4.69, 9.17) is 11.5 Å². The zero-order chi connectivity index (χ0) is 14.0. The Bertz CT molecular complexity index is 481. The fourth-order valence-electron chi connectivity index (χ4n) is 2.58. The highest BCUT2D eigenvalue weighted by Gasteiger charge is 2.32. The molecule has 0 aromatic heterocycles. The summed E-state index contributed by atoms with van der Waals surface area (Å²) < 4.78 is 13.2. The van der Waals surface area contributed by atoms with Gasteiger partial charge in [-0.3, -0.25) is 0 Å². The first kappa shape index (κ1) is 13.8. The lowest BCUT2D eigenvalue weighted by molar-refractivity contribution is 0.0608. The molecular formula is C13H18FN3O2. The van der Waals surface area contributed by atoms with Gasteiger partial charge in [0.1, 0.15) is 5.82 Å². The van der Waals surface area contributed by atoms with Crippen LogP contribution >= 0.6 is 0 Å². The molecule has 2 rings (SSSR count). The van der Waals surface area contributed by atoms with Crippen molar-refractivity contribution in [2.24, 2.45) is 11.5 Å². The van der Waals surface area contributed by atoms with Crippen molar-refractivity contribution in [3.63, 3.8) is 0 Å². The van der Waals surface area contributed by atoms with Crippen molar-refractivity contribution in [3.05, 3.63) is 35.1 Å². The minimum Gasteiger partial charge on any atom is -0.393 e. The highest BCUT2D eigenvalue weighted by Crippen LogP contribution is 2.33. The highest BCUT2D eigenvalue weighted by atomic mass is 19.1. The number of benzene rings is 1. The average molecular weight is 267 g/mol. The molecule has 0 aliphatic carbocycles. The number of likely N-dealkylation sites (tertiary alicyclic amines) is 1. The van der Waals surface area contributed by atoms with Gasteiger partial charge in [-0.1, -0.05) is 6.07 Å². The molecule has 2 amide bonds. The van der Waals surface area contributed by atoms with Crippen LogP contribution in [0.15, 0.2) is 18.2 Å². The zero-order valence-corrected chi connectivity index (χ0v) is 10.6. The van der Waals surface area contributed by atoms with E-state index in [-0.39, 0.29) is 18.4 Å². The van der Waals surface area contributed by atoms with Crippen molar-refractivity contribution in [2.45, 2.75) is 31.5 Å². The number of rotatable bonds is 2. The van der Waals surface area contributed by atoms with Gasteiger partial charge in [0.25, 0.3) is 0 Å². The molecule has 6 heteroatoms. The number of hydrogen-bond acceptors (Lipinski definition) is 3. The summed E-state index contributed by atoms with van der Waals surface area (Å²) in [4.78, 5) is 13.0. The predicted octanol–water partition coefficient (Wildman–Crippen LogP) is 0.861. The molecule has 19 heavy (non-hydrogen) atoms. The molecule has 5 nitrogen and oxygen atoms in total. The van der Waals surface area contributed by atoms with Crippen LogP contribution in [0.4, 0.5) is 9.18 Å². The fourth-order valence-corrected chi connectivity index (χ4v) is 2.58. The molecule has 0 radical (unpaired) electrons. The minimum absolute atomic E-state index is 0.173. The van der Waals surface area contributed by atoms with Gasteiger partial charge < -0.3 is 21.5 Å². The summed E-state index contributed by atoms with van der Waals surface area (Å²) in [5, 5.41) is 9.77. The second-order valence-electron chi connectivity index (χ2n) is 4.77. The van der Waals surface area contributed by atoms with Crippen LogP contribution in [0.5, 0.6) is 0 Å². The number of nitrogens with zero attached hydrogens (tertiary/aromatic N) is 1. The monoisotopic (exact) mass is 267 g/mol. The standard InChI is InChI=1S/C13H18FN3O2/c14-9-1-2-11(8(5-9)7-15)12-6-10(18)3-4-17(12)13(16)19/h1-2,5,10,12,18H,3-4,6-7,15H2,(H2,16,19). The number of nitrogens with two attached hydrogens (primary N) is 2. The summed E-state index contributed by atoms with van der Waals surface area (Å²) in [5.41, 5.74) is 12.4. The maximum absolute atomic E-state index is 13.2. The topological polar surface area (TPSA) is 92.6 Å². The van der Waals surface area contributed by atoms with Crippen LogP contribution in [0.25, 0.3) is 0 Å². The number of aliphatic hydroxyl groups is 1. The zero-order valence-electron chi connectivity index (χ0n) is 10.6. The molecule has 1 aromatic rings. The van der Waals surface area contributed by atoms with Gasteiger partial charge in [0.05, 0.1) is 12.1 Å². The molecular weight excluding hydrogens is 249 g/mol. The summed E-state index contributed by atoms with van der Waals surface area (Å²) in [5.74, 6) is -0.369. The molecule has 104 valence electrons. The van der Waals surface area contributed by atoms with Crippen LogP contribution in [-0.4, -0.2) is 28.7 Å². The summed E-state index contributed by atoms with van der Waals surface area (Å²) >= 11 is 0. The maximum Gasteiger partial charge on any atom is 0.315 e. The third-order valence-electron chi connectivity index (χ3n) is 3.54. The quantitative estimate of drug-likeness (QED) is 0.742. The van der Waals surface area contributed by atoms with Gasteiger partial charge in [0.15, 0.2) is 0 Å². The van der Waals surface area contributed by atoms with E-state index >= 15 is 0 Å². The van der Waals surface area contributed by atoms with Crippen molar-refractivity contribution in [3.8, 4) is 0 Å². The first-order valence-corrected chi connectivity index (χ1v) is 6.25. The van der Waals surface area contributed by atoms with Crippen LogP contribution < -0.4 is 11.5 Å². The van der Waals surface area contributed by atoms with Gasteiger partial charge in [-0.05, 0) is 36.1 Å². The Morgan fingerprint density at radius 2 is 2.26 bits per heavy atom. The van der Waals surface area contributed by atoms with Crippen LogP contribution in [0.3, 0.4) is 0 Å². The van der Waals surface area contributed by atoms with E-state index in [9.17, 15) is 14.3 Å². The Labute approximate surface area is 111 Å². The number of carbonyl (C=O) groups is 1. The van der Waals surface area contributed by atoms with E-state index in [0.29, 0.717) is 24.9 Å². The van der Waals surface area contributed by atoms with Gasteiger partial charge >= 0.3 is 6.03 Å². The average Bonchev–Trinajstić information content (AvgIpc) is 2.38. The molecule has 1 aromatic carbocycles. The third-order valence-corrected chi connectivity index (χ3v) is 3.54. The van der Waals surface area contributed by atoms with Gasteiger partial charge in [0, 0.05) is 13.1 Å². The van der Waals surface area contributed by atoms with Crippen molar-refractivity contribution in [1.82, 2.24) is 4.90 Å². The molecule has 0 saturated carbocycles. The fraction of sp³-hybridized carbons (Fsp3) is 0.462. The van der Waals surface area contributed by atoms with E-state index in [1.807, 2.05) is 0 Å². The van der Waals surface area contributed by atoms with E-state index in [2.05, 4.69) is 0 Å². The normalized spacial score (nSPS) is 23.4. The van der Waals surface area contributed by atoms with Crippen molar-refractivity contribution >= 4 is 6.03 Å². The second-order valence-corrected chi connectivity index (χ2v) is 4.77. The van der Waals surface area contributed by atoms with Crippen molar-refractivity contribution in [2.75, 3.05) is 6.54 Å². The Hall–Kier alpha value is -1.66. The lowest BCUT2D eigenvalue weighted by atomic mass is 9.90. The van der Waals surface area contributed by atoms with Crippen molar-refractivity contribution in [1.29, 1.82) is 0 Å². The Kier molecular flexibility index (Phi) is 4.01. The number of amides is 2. The molecule has 0 bridgehead atoms. The van der Waals surface area contributed by atoms with Crippen LogP contribution in [-0.2, 0) is 6.54 Å². The van der Waals surface area contributed by atoms with Gasteiger partial charge in [-0.15, -0.1) is 0 Å². The Balaban J connectivity index is 2.38. The lowest BCUT2D eigenvalue weighted by Gasteiger charge is -2.37. The van der Waals surface area contributed by atoms with Crippen LogP contribution in [0, 0.1) is 5.82 Å². The molecule has 2 unspecified atom stereocenters. The second kappa shape index (κ2) is 5.54. The van der Waals surface area contributed by atoms with E-state index in [1.54, 1.807) is 6.07 Å². The molecule has 0 spiro atoms.